The number of halogens is 3. The minimum Gasteiger partial charge on any atom is -0.344 e. The Hall–Kier alpha value is -0.670. The van der Waals surface area contributed by atoms with Crippen molar-refractivity contribution in [3.63, 3.8) is 0 Å². The number of aromatic amines is 1. The van der Waals surface area contributed by atoms with Gasteiger partial charge in [0.05, 0.1) is 6.54 Å². The Labute approximate surface area is 105 Å². The lowest BCUT2D eigenvalue weighted by molar-refractivity contribution is -0.146. The molecule has 1 saturated heterocycles. The lowest BCUT2D eigenvalue weighted by Crippen LogP contribution is -2.49. The van der Waals surface area contributed by atoms with E-state index < -0.39 is 12.7 Å². The van der Waals surface area contributed by atoms with Crippen LogP contribution in [0.15, 0.2) is 0 Å². The maximum atomic E-state index is 12.2. The fourth-order valence-electron chi connectivity index (χ4n) is 1.71. The summed E-state index contributed by atoms with van der Waals surface area (Å²) in [5, 5.41) is 7.43. The number of nitrogens with one attached hydrogen (secondary N) is 1. The average molecular weight is 284 g/mol. The van der Waals surface area contributed by atoms with Gasteiger partial charge >= 0.3 is 6.18 Å². The predicted molar refractivity (Wildman–Crippen MR) is 62.0 cm³/mol. The zero-order chi connectivity index (χ0) is 12.5. The van der Waals surface area contributed by atoms with Crippen LogP contribution in [0, 0.1) is 3.95 Å². The molecule has 2 rings (SSSR count). The maximum absolute atomic E-state index is 12.2. The van der Waals surface area contributed by atoms with Crippen LogP contribution in [0.4, 0.5) is 18.3 Å². The van der Waals surface area contributed by atoms with Gasteiger partial charge in [0.1, 0.15) is 0 Å². The Balaban J connectivity index is 1.88. The van der Waals surface area contributed by atoms with Crippen molar-refractivity contribution in [2.24, 2.45) is 0 Å². The molecule has 0 unspecified atom stereocenters. The lowest BCUT2D eigenvalue weighted by atomic mass is 10.3. The fourth-order valence-corrected chi connectivity index (χ4v) is 2.64. The van der Waals surface area contributed by atoms with Crippen molar-refractivity contribution in [3.05, 3.63) is 3.95 Å². The Bertz CT molecular complexity index is 419. The second-order valence-corrected chi connectivity index (χ2v) is 5.42. The molecular formula is C8H11F3N4S2. The third kappa shape index (κ3) is 3.65. The van der Waals surface area contributed by atoms with Crippen LogP contribution in [-0.2, 0) is 0 Å². The topological polar surface area (TPSA) is 35.2 Å². The van der Waals surface area contributed by atoms with E-state index in [2.05, 4.69) is 10.2 Å². The van der Waals surface area contributed by atoms with Crippen molar-refractivity contribution >= 4 is 28.7 Å². The van der Waals surface area contributed by atoms with Crippen LogP contribution in [0.25, 0.3) is 0 Å². The summed E-state index contributed by atoms with van der Waals surface area (Å²) in [4.78, 5) is 3.35. The summed E-state index contributed by atoms with van der Waals surface area (Å²) in [7, 11) is 0. The van der Waals surface area contributed by atoms with Gasteiger partial charge in [0.25, 0.3) is 0 Å². The van der Waals surface area contributed by atoms with Gasteiger partial charge in [-0.2, -0.15) is 13.2 Å². The van der Waals surface area contributed by atoms with Crippen LogP contribution in [0.1, 0.15) is 0 Å². The van der Waals surface area contributed by atoms with Crippen LogP contribution in [-0.4, -0.2) is 54.0 Å². The van der Waals surface area contributed by atoms with Crippen molar-refractivity contribution in [3.8, 4) is 0 Å². The first-order valence-corrected chi connectivity index (χ1v) is 6.26. The van der Waals surface area contributed by atoms with Gasteiger partial charge in [0.15, 0.2) is 3.95 Å². The zero-order valence-corrected chi connectivity index (χ0v) is 10.5. The summed E-state index contributed by atoms with van der Waals surface area (Å²) >= 11 is 6.25. The normalized spacial score (nSPS) is 18.6. The fraction of sp³-hybridized carbons (Fsp3) is 0.750. The predicted octanol–water partition coefficient (Wildman–Crippen LogP) is 1.88. The molecule has 1 aliphatic heterocycles. The van der Waals surface area contributed by atoms with E-state index in [1.807, 2.05) is 4.90 Å². The van der Waals surface area contributed by atoms with Gasteiger partial charge in [-0.1, -0.05) is 11.3 Å². The van der Waals surface area contributed by atoms with E-state index in [0.717, 1.165) is 5.13 Å². The SMILES string of the molecule is FC(F)(F)CN1CCN(c2n[nH]c(=S)s2)CC1. The zero-order valence-electron chi connectivity index (χ0n) is 8.83. The third-order valence-electron chi connectivity index (χ3n) is 2.47. The van der Waals surface area contributed by atoms with Gasteiger partial charge in [0.2, 0.25) is 5.13 Å². The highest BCUT2D eigenvalue weighted by Crippen LogP contribution is 2.21. The summed E-state index contributed by atoms with van der Waals surface area (Å²) in [5.74, 6) is 0. The summed E-state index contributed by atoms with van der Waals surface area (Å²) in [6, 6.07) is 0. The van der Waals surface area contributed by atoms with Gasteiger partial charge in [0, 0.05) is 26.2 Å². The van der Waals surface area contributed by atoms with E-state index in [4.69, 9.17) is 12.2 Å². The minimum atomic E-state index is -4.12. The van der Waals surface area contributed by atoms with Crippen LogP contribution < -0.4 is 4.90 Å². The quantitative estimate of drug-likeness (QED) is 0.841. The van der Waals surface area contributed by atoms with E-state index in [9.17, 15) is 13.2 Å². The molecule has 1 fully saturated rings. The smallest absolute Gasteiger partial charge is 0.344 e. The molecule has 0 bridgehead atoms. The van der Waals surface area contributed by atoms with E-state index in [-0.39, 0.29) is 0 Å². The minimum absolute atomic E-state index is 0.395. The Morgan fingerprint density at radius 2 is 1.94 bits per heavy atom. The number of anilines is 1. The third-order valence-corrected chi connectivity index (χ3v) is 3.62. The second kappa shape index (κ2) is 4.91. The Morgan fingerprint density at radius 3 is 2.41 bits per heavy atom. The molecule has 0 amide bonds. The molecule has 1 aromatic heterocycles. The van der Waals surface area contributed by atoms with Crippen molar-refractivity contribution in [1.29, 1.82) is 0 Å². The maximum Gasteiger partial charge on any atom is 0.401 e. The molecule has 0 aromatic carbocycles. The standard InChI is InChI=1S/C8H11F3N4S2/c9-8(10,11)5-14-1-3-15(4-2-14)6-12-13-7(16)17-6/h1-5H2,(H,13,16). The molecule has 17 heavy (non-hydrogen) atoms. The highest BCUT2D eigenvalue weighted by Gasteiger charge is 2.32. The molecule has 2 heterocycles. The van der Waals surface area contributed by atoms with E-state index in [1.54, 1.807) is 0 Å². The molecule has 96 valence electrons. The monoisotopic (exact) mass is 284 g/mol. The molecule has 4 nitrogen and oxygen atoms in total. The highest BCUT2D eigenvalue weighted by molar-refractivity contribution is 7.73. The Kier molecular flexibility index (Phi) is 3.69. The van der Waals surface area contributed by atoms with E-state index >= 15 is 0 Å². The molecule has 0 aliphatic carbocycles. The van der Waals surface area contributed by atoms with Crippen molar-refractivity contribution in [2.75, 3.05) is 37.6 Å². The summed E-state index contributed by atoms with van der Waals surface area (Å²) in [6.07, 6.45) is -4.12. The molecule has 1 aromatic rings. The van der Waals surface area contributed by atoms with Crippen LogP contribution in [0.5, 0.6) is 0 Å². The van der Waals surface area contributed by atoms with Gasteiger partial charge in [-0.05, 0) is 12.2 Å². The molecule has 1 aliphatic rings. The number of aromatic nitrogens is 2. The molecular weight excluding hydrogens is 273 g/mol. The number of H-pyrrole nitrogens is 1. The van der Waals surface area contributed by atoms with Crippen molar-refractivity contribution in [1.82, 2.24) is 15.1 Å². The van der Waals surface area contributed by atoms with Crippen molar-refractivity contribution in [2.45, 2.75) is 6.18 Å². The number of nitrogens with zero attached hydrogens (tertiary/aromatic N) is 3. The van der Waals surface area contributed by atoms with Crippen LogP contribution in [0.3, 0.4) is 0 Å². The Morgan fingerprint density at radius 1 is 1.29 bits per heavy atom. The number of alkyl halides is 3. The summed E-state index contributed by atoms with van der Waals surface area (Å²) in [6.45, 7) is 1.05. The number of piperazine rings is 1. The van der Waals surface area contributed by atoms with Gasteiger partial charge in [-0.25, -0.2) is 0 Å². The first-order valence-electron chi connectivity index (χ1n) is 5.03. The molecule has 0 spiro atoms. The van der Waals surface area contributed by atoms with Gasteiger partial charge in [-0.3, -0.25) is 10.00 Å². The van der Waals surface area contributed by atoms with E-state index in [1.165, 1.54) is 16.2 Å². The largest absolute Gasteiger partial charge is 0.401 e. The molecule has 0 radical (unpaired) electrons. The molecule has 0 saturated carbocycles. The first-order chi connectivity index (χ1) is 7.94. The van der Waals surface area contributed by atoms with Crippen molar-refractivity contribution < 1.29 is 13.2 Å². The average Bonchev–Trinajstić information content (AvgIpc) is 2.63. The second-order valence-electron chi connectivity index (χ2n) is 3.77. The van der Waals surface area contributed by atoms with E-state index in [0.29, 0.717) is 30.1 Å². The molecule has 0 atom stereocenters. The van der Waals surface area contributed by atoms with Crippen LogP contribution in [0.2, 0.25) is 0 Å². The molecule has 1 N–H and O–H groups in total. The number of rotatable bonds is 2. The lowest BCUT2D eigenvalue weighted by Gasteiger charge is -2.34. The molecule has 9 heteroatoms. The first kappa shape index (κ1) is 12.8. The van der Waals surface area contributed by atoms with Gasteiger partial charge in [-0.15, -0.1) is 5.10 Å². The van der Waals surface area contributed by atoms with Crippen LogP contribution >= 0.6 is 23.6 Å². The number of hydrogen-bond acceptors (Lipinski definition) is 5. The van der Waals surface area contributed by atoms with Gasteiger partial charge < -0.3 is 4.90 Å². The summed E-state index contributed by atoms with van der Waals surface area (Å²) in [5.41, 5.74) is 0. The highest BCUT2D eigenvalue weighted by atomic mass is 32.1. The summed E-state index contributed by atoms with van der Waals surface area (Å²) < 4.78 is 37.1. The number of hydrogen-bond donors (Lipinski definition) is 1.